The number of nitrogens with zero attached hydrogens (tertiary/aromatic N) is 4. The predicted molar refractivity (Wildman–Crippen MR) is 95.3 cm³/mol. The van der Waals surface area contributed by atoms with Gasteiger partial charge in [0, 0.05) is 43.5 Å². The van der Waals surface area contributed by atoms with E-state index in [1.165, 1.54) is 13.3 Å². The second kappa shape index (κ2) is 7.73. The van der Waals surface area contributed by atoms with Crippen LogP contribution in [-0.4, -0.2) is 64.0 Å². The highest BCUT2D eigenvalue weighted by molar-refractivity contribution is 5.94. The largest absolute Gasteiger partial charge is 0.342 e. The van der Waals surface area contributed by atoms with Crippen molar-refractivity contribution >= 4 is 29.6 Å². The molecule has 1 aliphatic rings. The molecule has 1 aromatic heterocycles. The van der Waals surface area contributed by atoms with Gasteiger partial charge in [-0.1, -0.05) is 0 Å². The van der Waals surface area contributed by atoms with Gasteiger partial charge in [0.1, 0.15) is 17.8 Å². The Morgan fingerprint density at radius 1 is 1.08 bits per heavy atom. The van der Waals surface area contributed by atoms with E-state index in [1.54, 1.807) is 40.1 Å². The number of hydrogen-bond acceptors (Lipinski definition) is 6. The van der Waals surface area contributed by atoms with Gasteiger partial charge in [0.15, 0.2) is 5.78 Å². The van der Waals surface area contributed by atoms with E-state index >= 15 is 0 Å². The number of amides is 2. The molecule has 0 radical (unpaired) electrons. The van der Waals surface area contributed by atoms with Crippen molar-refractivity contribution < 1.29 is 14.4 Å². The maximum atomic E-state index is 12.6. The molecule has 3 rings (SSSR count). The van der Waals surface area contributed by atoms with Gasteiger partial charge in [-0.2, -0.15) is 0 Å². The van der Waals surface area contributed by atoms with Gasteiger partial charge in [0.05, 0.1) is 0 Å². The van der Waals surface area contributed by atoms with Crippen molar-refractivity contribution in [1.29, 1.82) is 0 Å². The van der Waals surface area contributed by atoms with Gasteiger partial charge in [0.2, 0.25) is 6.41 Å². The number of rotatable bonds is 5. The van der Waals surface area contributed by atoms with Crippen molar-refractivity contribution in [2.75, 3.05) is 31.5 Å². The Balaban J connectivity index is 1.68. The van der Waals surface area contributed by atoms with Crippen LogP contribution in [0.5, 0.6) is 0 Å². The van der Waals surface area contributed by atoms with Crippen LogP contribution in [0.2, 0.25) is 0 Å². The molecule has 26 heavy (non-hydrogen) atoms. The minimum Gasteiger partial charge on any atom is -0.342 e. The predicted octanol–water partition coefficient (Wildman–Crippen LogP) is 1.34. The quantitative estimate of drug-likeness (QED) is 0.644. The molecule has 0 unspecified atom stereocenters. The molecule has 1 aromatic carbocycles. The number of benzene rings is 1. The normalized spacial score (nSPS) is 14.0. The van der Waals surface area contributed by atoms with Crippen LogP contribution in [0.15, 0.2) is 36.7 Å². The molecule has 2 amide bonds. The van der Waals surface area contributed by atoms with Crippen LogP contribution in [-0.2, 0) is 4.79 Å². The summed E-state index contributed by atoms with van der Waals surface area (Å²) in [6.45, 7) is 3.52. The fourth-order valence-electron chi connectivity index (χ4n) is 2.67. The van der Waals surface area contributed by atoms with Gasteiger partial charge in [-0.25, -0.2) is 9.97 Å². The molecular formula is C18H19N5O3. The zero-order valence-corrected chi connectivity index (χ0v) is 14.4. The third kappa shape index (κ3) is 4.02. The van der Waals surface area contributed by atoms with E-state index in [4.69, 9.17) is 0 Å². The van der Waals surface area contributed by atoms with Crippen molar-refractivity contribution in [1.82, 2.24) is 19.8 Å². The van der Waals surface area contributed by atoms with Crippen LogP contribution in [0.1, 0.15) is 27.8 Å². The Morgan fingerprint density at radius 2 is 1.77 bits per heavy atom. The van der Waals surface area contributed by atoms with Crippen LogP contribution in [0.3, 0.4) is 0 Å². The van der Waals surface area contributed by atoms with E-state index < -0.39 is 0 Å². The molecule has 1 N–H and O–H groups in total. The Labute approximate surface area is 150 Å². The standard InChI is InChI=1S/C18H19N5O3/c1-13(25)14-2-4-15(5-3-14)21-17-10-16(19-11-20-17)18(26)23-8-6-22(12-24)7-9-23/h2-5,10-12H,6-9H2,1H3,(H,19,20,21). The molecule has 1 aliphatic heterocycles. The number of ketones is 1. The highest BCUT2D eigenvalue weighted by atomic mass is 16.2. The number of anilines is 2. The molecule has 0 saturated carbocycles. The number of piperazine rings is 1. The summed E-state index contributed by atoms with van der Waals surface area (Å²) in [7, 11) is 0. The number of Topliss-reactive ketones (excluding diaryl/α,β-unsaturated/α-hetero) is 1. The highest BCUT2D eigenvalue weighted by Crippen LogP contribution is 2.16. The van der Waals surface area contributed by atoms with Crippen molar-refractivity contribution in [3.05, 3.63) is 47.9 Å². The Bertz CT molecular complexity index is 814. The SMILES string of the molecule is CC(=O)c1ccc(Nc2cc(C(=O)N3CCN(C=O)CC3)ncn2)cc1. The number of aromatic nitrogens is 2. The molecule has 134 valence electrons. The van der Waals surface area contributed by atoms with Gasteiger partial charge >= 0.3 is 0 Å². The van der Waals surface area contributed by atoms with Crippen LogP contribution in [0, 0.1) is 0 Å². The number of carbonyl (C=O) groups is 3. The molecule has 2 heterocycles. The summed E-state index contributed by atoms with van der Waals surface area (Å²) in [6.07, 6.45) is 2.13. The third-order valence-corrected chi connectivity index (χ3v) is 4.20. The van der Waals surface area contributed by atoms with E-state index in [9.17, 15) is 14.4 Å². The smallest absolute Gasteiger partial charge is 0.272 e. The maximum Gasteiger partial charge on any atom is 0.272 e. The Morgan fingerprint density at radius 3 is 2.38 bits per heavy atom. The summed E-state index contributed by atoms with van der Waals surface area (Å²) in [6, 6.07) is 8.60. The van der Waals surface area contributed by atoms with Gasteiger partial charge in [-0.3, -0.25) is 14.4 Å². The summed E-state index contributed by atoms with van der Waals surface area (Å²) in [5.41, 5.74) is 1.68. The molecule has 2 aromatic rings. The molecule has 1 saturated heterocycles. The number of carbonyl (C=O) groups excluding carboxylic acids is 3. The summed E-state index contributed by atoms with van der Waals surface area (Å²) in [5.74, 6) is 0.305. The summed E-state index contributed by atoms with van der Waals surface area (Å²) in [4.78, 5) is 46.2. The van der Waals surface area contributed by atoms with E-state index in [1.807, 2.05) is 0 Å². The molecule has 0 atom stereocenters. The first-order chi connectivity index (χ1) is 12.6. The van der Waals surface area contributed by atoms with Crippen molar-refractivity contribution in [3.8, 4) is 0 Å². The van der Waals surface area contributed by atoms with E-state index in [0.717, 1.165) is 12.1 Å². The topological polar surface area (TPSA) is 95.5 Å². The monoisotopic (exact) mass is 353 g/mol. The molecular weight excluding hydrogens is 334 g/mol. The lowest BCUT2D eigenvalue weighted by atomic mass is 10.1. The van der Waals surface area contributed by atoms with Gasteiger partial charge in [0.25, 0.3) is 5.91 Å². The van der Waals surface area contributed by atoms with Crippen LogP contribution < -0.4 is 5.32 Å². The van der Waals surface area contributed by atoms with Crippen molar-refractivity contribution in [2.45, 2.75) is 6.92 Å². The first kappa shape index (κ1) is 17.5. The zero-order chi connectivity index (χ0) is 18.5. The second-order valence-corrected chi connectivity index (χ2v) is 5.98. The van der Waals surface area contributed by atoms with Crippen LogP contribution in [0.4, 0.5) is 11.5 Å². The molecule has 0 spiro atoms. The van der Waals surface area contributed by atoms with E-state index in [-0.39, 0.29) is 11.7 Å². The molecule has 1 fully saturated rings. The lowest BCUT2D eigenvalue weighted by Crippen LogP contribution is -2.48. The van der Waals surface area contributed by atoms with Gasteiger partial charge < -0.3 is 15.1 Å². The van der Waals surface area contributed by atoms with Crippen LogP contribution >= 0.6 is 0 Å². The lowest BCUT2D eigenvalue weighted by Gasteiger charge is -2.32. The van der Waals surface area contributed by atoms with Crippen molar-refractivity contribution in [3.63, 3.8) is 0 Å². The summed E-state index contributed by atoms with van der Waals surface area (Å²) < 4.78 is 0. The van der Waals surface area contributed by atoms with E-state index in [2.05, 4.69) is 15.3 Å². The Hall–Kier alpha value is -3.29. The second-order valence-electron chi connectivity index (χ2n) is 5.98. The average Bonchev–Trinajstić information content (AvgIpc) is 2.68. The fourth-order valence-corrected chi connectivity index (χ4v) is 2.67. The molecule has 0 aliphatic carbocycles. The van der Waals surface area contributed by atoms with E-state index in [0.29, 0.717) is 43.3 Å². The zero-order valence-electron chi connectivity index (χ0n) is 14.4. The average molecular weight is 353 g/mol. The van der Waals surface area contributed by atoms with Gasteiger partial charge in [-0.15, -0.1) is 0 Å². The minimum atomic E-state index is -0.187. The maximum absolute atomic E-state index is 12.6. The molecule has 0 bridgehead atoms. The third-order valence-electron chi connectivity index (χ3n) is 4.20. The number of nitrogens with one attached hydrogen (secondary N) is 1. The highest BCUT2D eigenvalue weighted by Gasteiger charge is 2.22. The summed E-state index contributed by atoms with van der Waals surface area (Å²) in [5, 5.41) is 3.10. The molecule has 8 heteroatoms. The Kier molecular flexibility index (Phi) is 5.21. The number of hydrogen-bond donors (Lipinski definition) is 1. The van der Waals surface area contributed by atoms with Crippen molar-refractivity contribution in [2.24, 2.45) is 0 Å². The van der Waals surface area contributed by atoms with Gasteiger partial charge in [-0.05, 0) is 31.2 Å². The first-order valence-electron chi connectivity index (χ1n) is 8.25. The van der Waals surface area contributed by atoms with Crippen LogP contribution in [0.25, 0.3) is 0 Å². The first-order valence-corrected chi connectivity index (χ1v) is 8.25. The lowest BCUT2D eigenvalue weighted by molar-refractivity contribution is -0.119. The minimum absolute atomic E-state index is 0.00106. The fraction of sp³-hybridized carbons (Fsp3) is 0.278. The molecule has 8 nitrogen and oxygen atoms in total. The summed E-state index contributed by atoms with van der Waals surface area (Å²) >= 11 is 0.